The number of hydrogen-bond donors (Lipinski definition) is 1. The van der Waals surface area contributed by atoms with Crippen LogP contribution < -0.4 is 6.15 Å². The lowest BCUT2D eigenvalue weighted by Gasteiger charge is -0.344. The molecular weight excluding hydrogens is 66.1 g/mol. The van der Waals surface area contributed by atoms with Gasteiger partial charge in [-0.25, -0.2) is 0 Å². The Morgan fingerprint density at radius 3 is 0.750 bits per heavy atom. The van der Waals surface area contributed by atoms with Gasteiger partial charge in [0.1, 0.15) is 0 Å². The van der Waals surface area contributed by atoms with Gasteiger partial charge in [0.05, 0.1) is 0 Å². The monoisotopic (exact) mass is 81.1 g/mol. The highest BCUT2D eigenvalue weighted by Crippen LogP contribution is 0.145. The van der Waals surface area contributed by atoms with Crippen LogP contribution in [0.1, 0.15) is 14.9 Å². The zero-order valence-electron chi connectivity index (χ0n) is 0.707. The van der Waals surface area contributed by atoms with Crippen LogP contribution in [0.3, 0.4) is 0 Å². The van der Waals surface area contributed by atoms with Crippen LogP contribution in [0.15, 0.2) is 0 Å². The summed E-state index contributed by atoms with van der Waals surface area (Å²) in [6, 6.07) is 0. The second-order valence-electron chi connectivity index (χ2n) is 0. The van der Waals surface area contributed by atoms with Crippen LogP contribution in [-0.2, 0) is 0 Å². The first-order chi connectivity index (χ1) is 0. The minimum Gasteiger partial charge on any atom is -0.344 e. The molecule has 0 bridgehead atoms. The molecule has 0 atom stereocenters. The van der Waals surface area contributed by atoms with Crippen molar-refractivity contribution in [1.29, 1.82) is 0 Å². The van der Waals surface area contributed by atoms with Crippen molar-refractivity contribution in [3.05, 3.63) is 0 Å². The standard InChI is InChI=1S/2CH4.H3N.H4Si/h2*1H4;1H3;1H4. The van der Waals surface area contributed by atoms with E-state index in [1.54, 1.807) is 0 Å². The van der Waals surface area contributed by atoms with Crippen LogP contribution in [0.4, 0.5) is 0 Å². The predicted molar refractivity (Wildman–Crippen MR) is 29.8 cm³/mol. The van der Waals surface area contributed by atoms with Crippen LogP contribution in [0.25, 0.3) is 0 Å². The van der Waals surface area contributed by atoms with Gasteiger partial charge in [-0.05, 0) is 11.0 Å². The third kappa shape index (κ3) is 96.4. The molecule has 1 nitrogen and oxygen atoms in total. The molecule has 0 saturated carbocycles. The van der Waals surface area contributed by atoms with Gasteiger partial charge in [-0.15, -0.1) is 0 Å². The lowest BCUT2D eigenvalue weighted by atomic mass is 12.0. The molecule has 0 aromatic heterocycles. The first kappa shape index (κ1) is 1350. The van der Waals surface area contributed by atoms with E-state index in [0.717, 1.165) is 0 Å². The summed E-state index contributed by atoms with van der Waals surface area (Å²) < 4.78 is 0. The Labute approximate surface area is 33.0 Å². The van der Waals surface area contributed by atoms with E-state index in [4.69, 9.17) is 0 Å². The van der Waals surface area contributed by atoms with Crippen molar-refractivity contribution in [1.82, 2.24) is 6.15 Å². The number of rotatable bonds is 0. The Bertz CT molecular complexity index is 6.00. The van der Waals surface area contributed by atoms with Gasteiger partial charge in [-0.1, -0.05) is 14.9 Å². The minimum atomic E-state index is 0. The highest BCUT2D eigenvalue weighted by Gasteiger charge is -0.0148. The van der Waals surface area contributed by atoms with E-state index < -0.39 is 0 Å². The van der Waals surface area contributed by atoms with Crippen LogP contribution in [-0.4, -0.2) is 11.0 Å². The van der Waals surface area contributed by atoms with Gasteiger partial charge >= 0.3 is 0 Å². The van der Waals surface area contributed by atoms with E-state index in [2.05, 4.69) is 0 Å². The maximum atomic E-state index is 0. The average molecular weight is 81.2 g/mol. The van der Waals surface area contributed by atoms with Gasteiger partial charge in [-0.3, -0.25) is 0 Å². The second kappa shape index (κ2) is 481. The van der Waals surface area contributed by atoms with Crippen LogP contribution in [0.5, 0.6) is 0 Å². The molecule has 4 heavy (non-hydrogen) atoms. The van der Waals surface area contributed by atoms with Crippen molar-refractivity contribution >= 4 is 11.0 Å². The molecule has 3 N–H and O–H groups in total. The maximum absolute atomic E-state index is 0. The highest BCUT2D eigenvalue weighted by atomic mass is 28.1. The summed E-state index contributed by atoms with van der Waals surface area (Å²) in [4.78, 5) is 0. The SMILES string of the molecule is C.C.N.[SiH4]. The molecule has 0 spiro atoms. The number of hydrogen-bond acceptors (Lipinski definition) is 1. The van der Waals surface area contributed by atoms with E-state index in [0.29, 0.717) is 0 Å². The molecule has 2 heteroatoms. The van der Waals surface area contributed by atoms with Gasteiger partial charge in [0.2, 0.25) is 0 Å². The molecule has 0 fully saturated rings. The molecule has 0 aliphatic rings. The van der Waals surface area contributed by atoms with Crippen molar-refractivity contribution < 1.29 is 0 Å². The van der Waals surface area contributed by atoms with Gasteiger partial charge in [0, 0.05) is 0 Å². The molecule has 0 aromatic carbocycles. The Kier molecular flexibility index (Phi) is 162000. The zero-order chi connectivity index (χ0) is 0. The first-order valence-corrected chi connectivity index (χ1v) is 0. The smallest absolute Gasteiger partial charge is 0.0149 e. The first-order valence-electron chi connectivity index (χ1n) is 0. The fraction of sp³-hybridized carbons (Fsp3) is 1.00. The van der Waals surface area contributed by atoms with Gasteiger partial charge < -0.3 is 6.15 Å². The molecular formula is C2H15NSi. The normalized spacial score (nSPS) is 0. The van der Waals surface area contributed by atoms with E-state index in [-0.39, 0.29) is 32.0 Å². The topological polar surface area (TPSA) is 35.0 Å². The van der Waals surface area contributed by atoms with Crippen molar-refractivity contribution in [2.24, 2.45) is 0 Å². The Balaban J connectivity index is 0. The zero-order valence-corrected chi connectivity index (χ0v) is 0.707. The molecule has 32 valence electrons. The fourth-order valence-corrected chi connectivity index (χ4v) is 0. The van der Waals surface area contributed by atoms with Gasteiger partial charge in [0.25, 0.3) is 0 Å². The Morgan fingerprint density at radius 2 is 0.750 bits per heavy atom. The maximum Gasteiger partial charge on any atom is -0.0149 e. The molecule has 0 radical (unpaired) electrons. The Hall–Kier alpha value is 0.177. The molecule has 0 saturated heterocycles. The largest absolute Gasteiger partial charge is 0.344 e. The van der Waals surface area contributed by atoms with E-state index in [1.165, 1.54) is 0 Å². The van der Waals surface area contributed by atoms with Crippen LogP contribution >= 0.6 is 0 Å². The second-order valence-corrected chi connectivity index (χ2v) is 0. The molecule has 0 unspecified atom stereocenters. The van der Waals surface area contributed by atoms with Crippen molar-refractivity contribution in [3.63, 3.8) is 0 Å². The van der Waals surface area contributed by atoms with Crippen LogP contribution in [0, 0.1) is 0 Å². The molecule has 0 aliphatic heterocycles. The summed E-state index contributed by atoms with van der Waals surface area (Å²) in [6.45, 7) is 0. The van der Waals surface area contributed by atoms with Gasteiger partial charge in [-0.2, -0.15) is 0 Å². The third-order valence-corrected chi connectivity index (χ3v) is 0. The van der Waals surface area contributed by atoms with Crippen molar-refractivity contribution in [3.8, 4) is 0 Å². The van der Waals surface area contributed by atoms with E-state index in [1.807, 2.05) is 0 Å². The van der Waals surface area contributed by atoms with Crippen molar-refractivity contribution in [2.75, 3.05) is 0 Å². The van der Waals surface area contributed by atoms with Gasteiger partial charge in [0.15, 0.2) is 0 Å². The summed E-state index contributed by atoms with van der Waals surface area (Å²) >= 11 is 0. The fourth-order valence-electron chi connectivity index (χ4n) is 0. The molecule has 0 aliphatic carbocycles. The molecule has 0 aromatic rings. The lowest BCUT2D eigenvalue weighted by Crippen LogP contribution is -0.481. The summed E-state index contributed by atoms with van der Waals surface area (Å²) in [5.74, 6) is 0. The quantitative estimate of drug-likeness (QED) is 0.409. The van der Waals surface area contributed by atoms with Crippen molar-refractivity contribution in [2.45, 2.75) is 14.9 Å². The molecule has 0 amide bonds. The Morgan fingerprint density at radius 1 is 0.750 bits per heavy atom. The summed E-state index contributed by atoms with van der Waals surface area (Å²) in [7, 11) is 0. The molecule has 0 rings (SSSR count). The van der Waals surface area contributed by atoms with E-state index in [9.17, 15) is 0 Å². The van der Waals surface area contributed by atoms with E-state index >= 15 is 0 Å². The average Bonchev–Trinajstić information content (AvgIpc) is 0. The van der Waals surface area contributed by atoms with Crippen LogP contribution in [0.2, 0.25) is 0 Å². The predicted octanol–water partition coefficient (Wildman–Crippen LogP) is -0.0174. The molecule has 0 heterocycles. The third-order valence-electron chi connectivity index (χ3n) is 0. The summed E-state index contributed by atoms with van der Waals surface area (Å²) in [5, 5.41) is 0. The lowest BCUT2D eigenvalue weighted by molar-refractivity contribution is 2.13. The minimum absolute atomic E-state index is 0. The highest BCUT2D eigenvalue weighted by molar-refractivity contribution is 5.75. The summed E-state index contributed by atoms with van der Waals surface area (Å²) in [6.07, 6.45) is 0. The summed E-state index contributed by atoms with van der Waals surface area (Å²) in [5.41, 5.74) is 0.